The van der Waals surface area contributed by atoms with Crippen molar-refractivity contribution in [2.45, 2.75) is 38.1 Å². The van der Waals surface area contributed by atoms with Crippen molar-refractivity contribution in [3.05, 3.63) is 99.1 Å². The van der Waals surface area contributed by atoms with E-state index in [2.05, 4.69) is 41.0 Å². The maximum absolute atomic E-state index is 13.2. The molecule has 3 aromatic rings. The molecule has 34 heavy (non-hydrogen) atoms. The van der Waals surface area contributed by atoms with E-state index >= 15 is 0 Å². The zero-order valence-corrected chi connectivity index (χ0v) is 19.0. The SMILES string of the molecule is Cc1c(NC(=O)c2ccc3c(c2)[C@@H]2[C@H]4CC[C@@H](C4)[C@H]2[C@@H](c2ccccc2)N3)cccc1[N+](=O)[O-]. The number of nitrogens with one attached hydrogen (secondary N) is 2. The summed E-state index contributed by atoms with van der Waals surface area (Å²) in [5.41, 5.74) is 5.21. The van der Waals surface area contributed by atoms with Crippen LogP contribution in [0.4, 0.5) is 17.1 Å². The van der Waals surface area contributed by atoms with Crippen LogP contribution in [0.5, 0.6) is 0 Å². The number of carbonyl (C=O) groups is 1. The summed E-state index contributed by atoms with van der Waals surface area (Å²) < 4.78 is 0. The third-order valence-electron chi connectivity index (χ3n) is 8.26. The smallest absolute Gasteiger partial charge is 0.274 e. The number of nitro benzene ring substituents is 1. The largest absolute Gasteiger partial charge is 0.378 e. The predicted octanol–water partition coefficient (Wildman–Crippen LogP) is 6.45. The molecule has 2 bridgehead atoms. The van der Waals surface area contributed by atoms with Crippen LogP contribution in [-0.2, 0) is 0 Å². The highest BCUT2D eigenvalue weighted by molar-refractivity contribution is 6.05. The van der Waals surface area contributed by atoms with Crippen molar-refractivity contribution in [2.75, 3.05) is 10.6 Å². The Kier molecular flexibility index (Phi) is 4.90. The number of hydrogen-bond donors (Lipinski definition) is 2. The van der Waals surface area contributed by atoms with Gasteiger partial charge < -0.3 is 10.6 Å². The molecule has 0 spiro atoms. The fourth-order valence-electron chi connectivity index (χ4n) is 6.77. The molecule has 1 heterocycles. The highest BCUT2D eigenvalue weighted by atomic mass is 16.6. The molecule has 5 atom stereocenters. The highest BCUT2D eigenvalue weighted by Gasteiger charge is 2.53. The lowest BCUT2D eigenvalue weighted by Gasteiger charge is -2.43. The third kappa shape index (κ3) is 3.28. The Balaban J connectivity index is 1.34. The number of rotatable bonds is 4. The van der Waals surface area contributed by atoms with Gasteiger partial charge in [0, 0.05) is 17.3 Å². The van der Waals surface area contributed by atoms with Crippen LogP contribution in [0.2, 0.25) is 0 Å². The van der Waals surface area contributed by atoms with E-state index < -0.39 is 4.92 Å². The predicted molar refractivity (Wildman–Crippen MR) is 132 cm³/mol. The lowest BCUT2D eigenvalue weighted by molar-refractivity contribution is -0.385. The molecule has 1 amide bonds. The summed E-state index contributed by atoms with van der Waals surface area (Å²) >= 11 is 0. The molecule has 0 unspecified atom stereocenters. The van der Waals surface area contributed by atoms with Gasteiger partial charge in [-0.1, -0.05) is 36.4 Å². The van der Waals surface area contributed by atoms with Gasteiger partial charge in [0.25, 0.3) is 11.6 Å². The molecule has 1 aliphatic heterocycles. The number of hydrogen-bond acceptors (Lipinski definition) is 4. The Bertz CT molecular complexity index is 1290. The molecule has 2 fully saturated rings. The van der Waals surface area contributed by atoms with E-state index in [0.29, 0.717) is 46.5 Å². The molecule has 0 radical (unpaired) electrons. The molecule has 2 N–H and O–H groups in total. The number of carbonyl (C=O) groups excluding carboxylic acids is 1. The van der Waals surface area contributed by atoms with Crippen LogP contribution in [0.1, 0.15) is 58.3 Å². The van der Waals surface area contributed by atoms with Gasteiger partial charge in [0.2, 0.25) is 0 Å². The molecule has 0 saturated heterocycles. The Labute approximate surface area is 198 Å². The Hall–Kier alpha value is -3.67. The summed E-state index contributed by atoms with van der Waals surface area (Å²) in [6, 6.07) is 21.7. The van der Waals surface area contributed by atoms with Crippen LogP contribution in [0.3, 0.4) is 0 Å². The quantitative estimate of drug-likeness (QED) is 0.351. The highest BCUT2D eigenvalue weighted by Crippen LogP contribution is 2.63. The van der Waals surface area contributed by atoms with Gasteiger partial charge in [0.1, 0.15) is 0 Å². The normalized spacial score (nSPS) is 26.3. The topological polar surface area (TPSA) is 84.3 Å². The van der Waals surface area contributed by atoms with E-state index in [9.17, 15) is 14.9 Å². The number of nitro groups is 1. The van der Waals surface area contributed by atoms with Gasteiger partial charge in [-0.3, -0.25) is 14.9 Å². The van der Waals surface area contributed by atoms with Crippen molar-refractivity contribution in [1.29, 1.82) is 0 Å². The molecule has 6 nitrogen and oxygen atoms in total. The minimum atomic E-state index is -0.423. The molecule has 2 saturated carbocycles. The van der Waals surface area contributed by atoms with Crippen LogP contribution in [0, 0.1) is 34.8 Å². The minimum Gasteiger partial charge on any atom is -0.378 e. The van der Waals surface area contributed by atoms with Crippen molar-refractivity contribution in [1.82, 2.24) is 0 Å². The Morgan fingerprint density at radius 1 is 1.03 bits per heavy atom. The average Bonchev–Trinajstić information content (AvgIpc) is 3.48. The van der Waals surface area contributed by atoms with Gasteiger partial charge in [0.15, 0.2) is 0 Å². The summed E-state index contributed by atoms with van der Waals surface area (Å²) in [4.78, 5) is 24.0. The fraction of sp³-hybridized carbons (Fsp3) is 0.321. The van der Waals surface area contributed by atoms with Crippen LogP contribution in [0.25, 0.3) is 0 Å². The molecule has 6 heteroatoms. The van der Waals surface area contributed by atoms with E-state index in [1.54, 1.807) is 19.1 Å². The van der Waals surface area contributed by atoms with Crippen molar-refractivity contribution >= 4 is 23.0 Å². The zero-order chi connectivity index (χ0) is 23.4. The van der Waals surface area contributed by atoms with Gasteiger partial charge in [0.05, 0.1) is 22.2 Å². The van der Waals surface area contributed by atoms with Gasteiger partial charge >= 0.3 is 0 Å². The molecular weight excluding hydrogens is 426 g/mol. The van der Waals surface area contributed by atoms with Gasteiger partial charge in [-0.2, -0.15) is 0 Å². The lowest BCUT2D eigenvalue weighted by atomic mass is 9.68. The standard InChI is InChI=1S/C28H27N3O3/c1-16-22(8-5-9-24(16)31(33)34)30-28(32)20-12-13-23-21(15-20)25-18-10-11-19(14-18)26(25)27(29-23)17-6-3-2-4-7-17/h2-9,12-13,15,18-19,25-27,29H,10-11,14H2,1H3,(H,30,32)/t18-,19-,25-,26+,27+/m0/s1. The molecular formula is C28H27N3O3. The third-order valence-corrected chi connectivity index (χ3v) is 8.26. The number of amides is 1. The van der Waals surface area contributed by atoms with Crippen LogP contribution >= 0.6 is 0 Å². The molecule has 6 rings (SSSR count). The first-order valence-corrected chi connectivity index (χ1v) is 12.0. The Morgan fingerprint density at radius 2 is 1.82 bits per heavy atom. The summed E-state index contributed by atoms with van der Waals surface area (Å²) in [7, 11) is 0. The molecule has 3 aromatic carbocycles. The van der Waals surface area contributed by atoms with Crippen LogP contribution in [0.15, 0.2) is 66.7 Å². The van der Waals surface area contributed by atoms with E-state index in [4.69, 9.17) is 0 Å². The number of anilines is 2. The first-order valence-electron chi connectivity index (χ1n) is 12.0. The second kappa shape index (κ2) is 7.97. The van der Waals surface area contributed by atoms with Crippen LogP contribution < -0.4 is 10.6 Å². The molecule has 2 aliphatic carbocycles. The second-order valence-electron chi connectivity index (χ2n) is 9.93. The van der Waals surface area contributed by atoms with E-state index in [-0.39, 0.29) is 11.6 Å². The van der Waals surface area contributed by atoms with E-state index in [1.807, 2.05) is 18.2 Å². The lowest BCUT2D eigenvalue weighted by Crippen LogP contribution is -2.35. The maximum Gasteiger partial charge on any atom is 0.274 e. The van der Waals surface area contributed by atoms with Gasteiger partial charge in [-0.05, 0) is 85.3 Å². The molecule has 0 aromatic heterocycles. The second-order valence-corrected chi connectivity index (χ2v) is 9.93. The molecule has 3 aliphatic rings. The average molecular weight is 454 g/mol. The molecule has 172 valence electrons. The summed E-state index contributed by atoms with van der Waals surface area (Å²) in [6.07, 6.45) is 3.82. The van der Waals surface area contributed by atoms with Gasteiger partial charge in [-0.15, -0.1) is 0 Å². The summed E-state index contributed by atoms with van der Waals surface area (Å²) in [5.74, 6) is 2.13. The van der Waals surface area contributed by atoms with Crippen molar-refractivity contribution in [3.63, 3.8) is 0 Å². The fourth-order valence-corrected chi connectivity index (χ4v) is 6.77. The van der Waals surface area contributed by atoms with Crippen molar-refractivity contribution in [3.8, 4) is 0 Å². The summed E-state index contributed by atoms with van der Waals surface area (Å²) in [6.45, 7) is 1.66. The first-order chi connectivity index (χ1) is 16.5. The number of fused-ring (bicyclic) bond motifs is 7. The number of nitrogens with zero attached hydrogens (tertiary/aromatic N) is 1. The van der Waals surface area contributed by atoms with E-state index in [1.165, 1.54) is 36.5 Å². The first kappa shape index (κ1) is 20.9. The summed E-state index contributed by atoms with van der Waals surface area (Å²) in [5, 5.41) is 18.0. The maximum atomic E-state index is 13.2. The van der Waals surface area contributed by atoms with E-state index in [0.717, 1.165) is 5.69 Å². The van der Waals surface area contributed by atoms with Crippen molar-refractivity contribution in [2.24, 2.45) is 17.8 Å². The monoisotopic (exact) mass is 453 g/mol. The minimum absolute atomic E-state index is 0.00390. The zero-order valence-electron chi connectivity index (χ0n) is 19.0. The van der Waals surface area contributed by atoms with Gasteiger partial charge in [-0.25, -0.2) is 0 Å². The van der Waals surface area contributed by atoms with Crippen molar-refractivity contribution < 1.29 is 9.72 Å². The number of benzene rings is 3. The van der Waals surface area contributed by atoms with Crippen LogP contribution in [-0.4, -0.2) is 10.8 Å². The Morgan fingerprint density at radius 3 is 2.62 bits per heavy atom.